The third kappa shape index (κ3) is 4.88. The Morgan fingerprint density at radius 3 is 2.86 bits per heavy atom. The third-order valence-corrected chi connectivity index (χ3v) is 5.05. The number of anilines is 1. The molecule has 1 fully saturated rings. The Kier molecular flexibility index (Phi) is 5.34. The molecule has 0 saturated carbocycles. The molecule has 1 aromatic carbocycles. The minimum absolute atomic E-state index is 0.0356. The minimum atomic E-state index is -3.15. The van der Waals surface area contributed by atoms with Crippen molar-refractivity contribution >= 4 is 33.0 Å². The molecule has 1 aliphatic rings. The van der Waals surface area contributed by atoms with E-state index in [0.717, 1.165) is 24.9 Å². The van der Waals surface area contributed by atoms with Crippen molar-refractivity contribution in [2.24, 2.45) is 5.92 Å². The Bertz CT molecular complexity index is 648. The van der Waals surface area contributed by atoms with Gasteiger partial charge in [-0.15, -0.1) is 0 Å². The van der Waals surface area contributed by atoms with E-state index in [1.807, 2.05) is 24.3 Å². The second kappa shape index (κ2) is 6.87. The van der Waals surface area contributed by atoms with Crippen LogP contribution in [0, 0.1) is 5.92 Å². The van der Waals surface area contributed by atoms with Gasteiger partial charge in [0.15, 0.2) is 0 Å². The zero-order valence-corrected chi connectivity index (χ0v) is 14.3. The van der Waals surface area contributed by atoms with Gasteiger partial charge in [0.05, 0.1) is 5.75 Å². The Labute approximate surface area is 136 Å². The predicted molar refractivity (Wildman–Crippen MR) is 89.1 cm³/mol. The first-order valence-corrected chi connectivity index (χ1v) is 9.67. The van der Waals surface area contributed by atoms with Gasteiger partial charge in [-0.1, -0.05) is 24.6 Å². The zero-order valence-electron chi connectivity index (χ0n) is 12.8. The largest absolute Gasteiger partial charge is 0.369 e. The molecule has 22 heavy (non-hydrogen) atoms. The molecule has 1 N–H and O–H groups in total. The van der Waals surface area contributed by atoms with E-state index in [-0.39, 0.29) is 17.7 Å². The maximum absolute atomic E-state index is 12.1. The fourth-order valence-electron chi connectivity index (χ4n) is 2.66. The number of carbonyl (C=O) groups is 1. The lowest BCUT2D eigenvalue weighted by atomic mass is 10.2. The van der Waals surface area contributed by atoms with Crippen molar-refractivity contribution in [3.05, 3.63) is 29.3 Å². The fraction of sp³-hybridized carbons (Fsp3) is 0.533. The second-order valence-electron chi connectivity index (χ2n) is 5.91. The van der Waals surface area contributed by atoms with Crippen LogP contribution in [0.2, 0.25) is 5.02 Å². The molecule has 0 aliphatic carbocycles. The number of amides is 1. The molecular weight excluding hydrogens is 324 g/mol. The standard InChI is InChI=1S/C15H21ClN2O3S/c1-11(10-22(2,20)21)15(19)17-13-6-7-18(9-13)14-5-3-4-12(16)8-14/h3-5,8,11,13H,6-7,9-10H2,1-2H3,(H,17,19)/t11-,13-/m0/s1. The van der Waals surface area contributed by atoms with Crippen molar-refractivity contribution in [1.82, 2.24) is 5.32 Å². The quantitative estimate of drug-likeness (QED) is 0.883. The van der Waals surface area contributed by atoms with Gasteiger partial charge in [-0.2, -0.15) is 0 Å². The van der Waals surface area contributed by atoms with Crippen LogP contribution >= 0.6 is 11.6 Å². The molecule has 1 amide bonds. The molecule has 0 spiro atoms. The van der Waals surface area contributed by atoms with E-state index < -0.39 is 15.8 Å². The zero-order chi connectivity index (χ0) is 16.3. The van der Waals surface area contributed by atoms with Crippen LogP contribution in [0.1, 0.15) is 13.3 Å². The van der Waals surface area contributed by atoms with E-state index in [0.29, 0.717) is 11.6 Å². The van der Waals surface area contributed by atoms with Crippen LogP contribution in [0.3, 0.4) is 0 Å². The third-order valence-electron chi connectivity index (χ3n) is 3.71. The molecule has 1 aromatic rings. The van der Waals surface area contributed by atoms with Crippen LogP contribution in [0.4, 0.5) is 5.69 Å². The first-order chi connectivity index (χ1) is 10.2. The monoisotopic (exact) mass is 344 g/mol. The summed E-state index contributed by atoms with van der Waals surface area (Å²) in [5.74, 6) is -0.859. The van der Waals surface area contributed by atoms with Gasteiger partial charge >= 0.3 is 0 Å². The molecule has 2 atom stereocenters. The van der Waals surface area contributed by atoms with Crippen LogP contribution in [-0.2, 0) is 14.6 Å². The highest BCUT2D eigenvalue weighted by atomic mass is 35.5. The fourth-order valence-corrected chi connectivity index (χ4v) is 3.90. The van der Waals surface area contributed by atoms with Crippen molar-refractivity contribution < 1.29 is 13.2 Å². The first-order valence-electron chi connectivity index (χ1n) is 7.23. The smallest absolute Gasteiger partial charge is 0.224 e. The lowest BCUT2D eigenvalue weighted by molar-refractivity contribution is -0.124. The maximum atomic E-state index is 12.1. The molecule has 5 nitrogen and oxygen atoms in total. The van der Waals surface area contributed by atoms with Crippen LogP contribution in [0.25, 0.3) is 0 Å². The number of halogens is 1. The van der Waals surface area contributed by atoms with Gasteiger partial charge in [0.1, 0.15) is 9.84 Å². The molecule has 1 heterocycles. The summed E-state index contributed by atoms with van der Waals surface area (Å²) in [6.45, 7) is 3.18. The van der Waals surface area contributed by atoms with Crippen molar-refractivity contribution in [1.29, 1.82) is 0 Å². The molecule has 7 heteroatoms. The molecule has 0 unspecified atom stereocenters. The van der Waals surface area contributed by atoms with E-state index in [9.17, 15) is 13.2 Å². The molecule has 0 bridgehead atoms. The SMILES string of the molecule is C[C@@H](CS(C)(=O)=O)C(=O)N[C@H]1CCN(c2cccc(Cl)c2)C1. The Morgan fingerprint density at radius 2 is 2.23 bits per heavy atom. The summed E-state index contributed by atoms with van der Waals surface area (Å²) in [7, 11) is -3.15. The lowest BCUT2D eigenvalue weighted by Gasteiger charge is -2.20. The highest BCUT2D eigenvalue weighted by Crippen LogP contribution is 2.23. The number of nitrogens with zero attached hydrogens (tertiary/aromatic N) is 1. The highest BCUT2D eigenvalue weighted by molar-refractivity contribution is 7.90. The van der Waals surface area contributed by atoms with Crippen LogP contribution < -0.4 is 10.2 Å². The second-order valence-corrected chi connectivity index (χ2v) is 8.53. The average Bonchev–Trinajstić information content (AvgIpc) is 2.85. The summed E-state index contributed by atoms with van der Waals surface area (Å²) in [6, 6.07) is 7.65. The van der Waals surface area contributed by atoms with Crippen LogP contribution in [-0.4, -0.2) is 45.5 Å². The summed E-state index contributed by atoms with van der Waals surface area (Å²) < 4.78 is 22.5. The first kappa shape index (κ1) is 17.1. The van der Waals surface area contributed by atoms with Gasteiger partial charge in [-0.3, -0.25) is 4.79 Å². The van der Waals surface area contributed by atoms with Gasteiger partial charge in [0.2, 0.25) is 5.91 Å². The summed E-state index contributed by atoms with van der Waals surface area (Å²) >= 11 is 5.99. The number of carbonyl (C=O) groups excluding carboxylic acids is 1. The molecule has 2 rings (SSSR count). The van der Waals surface area contributed by atoms with Gasteiger partial charge < -0.3 is 10.2 Å². The Morgan fingerprint density at radius 1 is 1.50 bits per heavy atom. The molecule has 0 aromatic heterocycles. The Hall–Kier alpha value is -1.27. The number of nitrogens with one attached hydrogen (secondary N) is 1. The molecular formula is C15H21ClN2O3S. The number of benzene rings is 1. The van der Waals surface area contributed by atoms with E-state index in [4.69, 9.17) is 11.6 Å². The van der Waals surface area contributed by atoms with Crippen molar-refractivity contribution in [3.63, 3.8) is 0 Å². The average molecular weight is 345 g/mol. The highest BCUT2D eigenvalue weighted by Gasteiger charge is 2.26. The van der Waals surface area contributed by atoms with E-state index in [2.05, 4.69) is 10.2 Å². The molecule has 1 saturated heterocycles. The summed E-state index contributed by atoms with van der Waals surface area (Å²) in [6.07, 6.45) is 1.98. The predicted octanol–water partition coefficient (Wildman–Crippen LogP) is 1.72. The number of hydrogen-bond donors (Lipinski definition) is 1. The van der Waals surface area contributed by atoms with E-state index in [1.165, 1.54) is 0 Å². The van der Waals surface area contributed by atoms with Crippen molar-refractivity contribution in [3.8, 4) is 0 Å². The molecule has 1 aliphatic heterocycles. The topological polar surface area (TPSA) is 66.5 Å². The number of hydrogen-bond acceptors (Lipinski definition) is 4. The van der Waals surface area contributed by atoms with E-state index in [1.54, 1.807) is 6.92 Å². The van der Waals surface area contributed by atoms with Crippen LogP contribution in [0.5, 0.6) is 0 Å². The lowest BCUT2D eigenvalue weighted by Crippen LogP contribution is -2.41. The van der Waals surface area contributed by atoms with Crippen molar-refractivity contribution in [2.75, 3.05) is 30.0 Å². The van der Waals surface area contributed by atoms with Gasteiger partial charge in [0.25, 0.3) is 0 Å². The van der Waals surface area contributed by atoms with E-state index >= 15 is 0 Å². The molecule has 0 radical (unpaired) electrons. The van der Waals surface area contributed by atoms with Gasteiger partial charge in [-0.05, 0) is 24.6 Å². The number of sulfone groups is 1. The number of rotatable bonds is 5. The van der Waals surface area contributed by atoms with Gasteiger partial charge in [0, 0.05) is 42.0 Å². The van der Waals surface area contributed by atoms with Gasteiger partial charge in [-0.25, -0.2) is 8.42 Å². The maximum Gasteiger partial charge on any atom is 0.224 e. The van der Waals surface area contributed by atoms with Crippen molar-refractivity contribution in [2.45, 2.75) is 19.4 Å². The minimum Gasteiger partial charge on any atom is -0.369 e. The summed E-state index contributed by atoms with van der Waals surface area (Å²) in [5.41, 5.74) is 1.04. The molecule has 122 valence electrons. The van der Waals surface area contributed by atoms with Crippen LogP contribution in [0.15, 0.2) is 24.3 Å². The Balaban J connectivity index is 1.90. The summed E-state index contributed by atoms with van der Waals surface area (Å²) in [5, 5.41) is 3.62. The normalized spacial score (nSPS) is 20.0. The summed E-state index contributed by atoms with van der Waals surface area (Å²) in [4.78, 5) is 14.2.